The molecule has 1 aliphatic rings. The first kappa shape index (κ1) is 16.9. The SMILES string of the molecule is C=C(C)C(O)C1CCC(O[Si](C)(C)C(C)(C)C)CC1. The summed E-state index contributed by atoms with van der Waals surface area (Å²) in [4.78, 5) is 0. The molecule has 1 saturated carbocycles. The van der Waals surface area contributed by atoms with Crippen molar-refractivity contribution >= 4 is 8.32 Å². The summed E-state index contributed by atoms with van der Waals surface area (Å²) in [6, 6.07) is 0. The van der Waals surface area contributed by atoms with Crippen molar-refractivity contribution in [2.75, 3.05) is 0 Å². The molecule has 1 fully saturated rings. The Balaban J connectivity index is 2.49. The van der Waals surface area contributed by atoms with Gasteiger partial charge in [0.05, 0.1) is 6.10 Å². The largest absolute Gasteiger partial charge is 0.414 e. The Kier molecular flexibility index (Phi) is 5.44. The lowest BCUT2D eigenvalue weighted by molar-refractivity contribution is 0.0635. The Morgan fingerprint density at radius 3 is 2.05 bits per heavy atom. The molecule has 0 aliphatic heterocycles. The van der Waals surface area contributed by atoms with E-state index in [-0.39, 0.29) is 11.1 Å². The Bertz CT molecular complexity index is 309. The van der Waals surface area contributed by atoms with Crippen molar-refractivity contribution in [3.05, 3.63) is 12.2 Å². The molecular formula is C16H32O2Si. The quantitative estimate of drug-likeness (QED) is 0.608. The van der Waals surface area contributed by atoms with Crippen molar-refractivity contribution in [2.24, 2.45) is 5.92 Å². The molecule has 1 unspecified atom stereocenters. The van der Waals surface area contributed by atoms with E-state index >= 15 is 0 Å². The van der Waals surface area contributed by atoms with Gasteiger partial charge in [0.1, 0.15) is 0 Å². The molecule has 3 heteroatoms. The van der Waals surface area contributed by atoms with Crippen LogP contribution in [0.15, 0.2) is 12.2 Å². The zero-order chi connectivity index (χ0) is 14.8. The molecule has 112 valence electrons. The maximum Gasteiger partial charge on any atom is 0.192 e. The summed E-state index contributed by atoms with van der Waals surface area (Å²) in [6.45, 7) is 17.3. The summed E-state index contributed by atoms with van der Waals surface area (Å²) < 4.78 is 6.47. The van der Waals surface area contributed by atoms with Crippen LogP contribution in [-0.4, -0.2) is 25.6 Å². The monoisotopic (exact) mass is 284 g/mol. The number of aliphatic hydroxyl groups is 1. The highest BCUT2D eigenvalue weighted by Crippen LogP contribution is 2.40. The average molecular weight is 285 g/mol. The Morgan fingerprint density at radius 1 is 1.21 bits per heavy atom. The van der Waals surface area contributed by atoms with Crippen molar-refractivity contribution in [3.63, 3.8) is 0 Å². The molecule has 1 atom stereocenters. The molecule has 0 saturated heterocycles. The zero-order valence-corrected chi connectivity index (χ0v) is 14.6. The van der Waals surface area contributed by atoms with Gasteiger partial charge in [0.15, 0.2) is 8.32 Å². The fourth-order valence-corrected chi connectivity index (χ4v) is 3.94. The summed E-state index contributed by atoms with van der Waals surface area (Å²) in [5, 5.41) is 10.3. The molecule has 0 spiro atoms. The Hall–Kier alpha value is -0.123. The van der Waals surface area contributed by atoms with Gasteiger partial charge in [0, 0.05) is 6.10 Å². The summed E-state index contributed by atoms with van der Waals surface area (Å²) in [6.07, 6.45) is 4.37. The lowest BCUT2D eigenvalue weighted by Crippen LogP contribution is -2.45. The molecule has 0 heterocycles. The third-order valence-electron chi connectivity index (χ3n) is 4.94. The first-order valence-electron chi connectivity index (χ1n) is 7.56. The van der Waals surface area contributed by atoms with Crippen molar-refractivity contribution in [3.8, 4) is 0 Å². The highest BCUT2D eigenvalue weighted by Gasteiger charge is 2.40. The molecule has 0 bridgehead atoms. The fraction of sp³-hybridized carbons (Fsp3) is 0.875. The number of hydrogen-bond acceptors (Lipinski definition) is 2. The van der Waals surface area contributed by atoms with Gasteiger partial charge in [-0.25, -0.2) is 0 Å². The van der Waals surface area contributed by atoms with Crippen LogP contribution in [-0.2, 0) is 4.43 Å². The predicted molar refractivity (Wildman–Crippen MR) is 84.8 cm³/mol. The van der Waals surface area contributed by atoms with E-state index in [1.807, 2.05) is 6.92 Å². The lowest BCUT2D eigenvalue weighted by Gasteiger charge is -2.41. The molecule has 0 aromatic rings. The molecule has 1 N–H and O–H groups in total. The van der Waals surface area contributed by atoms with Gasteiger partial charge in [0.2, 0.25) is 0 Å². The summed E-state index contributed by atoms with van der Waals surface area (Å²) >= 11 is 0. The first-order chi connectivity index (χ1) is 8.54. The van der Waals surface area contributed by atoms with E-state index in [0.717, 1.165) is 31.3 Å². The number of aliphatic hydroxyl groups excluding tert-OH is 1. The van der Waals surface area contributed by atoms with Crippen molar-refractivity contribution in [1.82, 2.24) is 0 Å². The summed E-state index contributed by atoms with van der Waals surface area (Å²) in [5.74, 6) is 0.386. The van der Waals surface area contributed by atoms with Crippen LogP contribution < -0.4 is 0 Å². The van der Waals surface area contributed by atoms with Gasteiger partial charge in [0.25, 0.3) is 0 Å². The number of hydrogen-bond donors (Lipinski definition) is 1. The van der Waals surface area contributed by atoms with Crippen molar-refractivity contribution in [1.29, 1.82) is 0 Å². The highest BCUT2D eigenvalue weighted by molar-refractivity contribution is 6.74. The van der Waals surface area contributed by atoms with Gasteiger partial charge < -0.3 is 9.53 Å². The van der Waals surface area contributed by atoms with Gasteiger partial charge in [-0.3, -0.25) is 0 Å². The number of rotatable bonds is 4. The minimum atomic E-state index is -1.64. The molecule has 1 rings (SSSR count). The van der Waals surface area contributed by atoms with Crippen LogP contribution in [0.4, 0.5) is 0 Å². The third kappa shape index (κ3) is 4.43. The Labute approximate surface area is 120 Å². The standard InChI is InChI=1S/C16H32O2Si/c1-12(2)15(17)13-8-10-14(11-9-13)18-19(6,7)16(3,4)5/h13-15,17H,1,8-11H2,2-7H3. The van der Waals surface area contributed by atoms with Crippen molar-refractivity contribution in [2.45, 2.75) is 83.7 Å². The van der Waals surface area contributed by atoms with E-state index in [2.05, 4.69) is 40.4 Å². The molecule has 0 aromatic heterocycles. The first-order valence-corrected chi connectivity index (χ1v) is 10.5. The van der Waals surface area contributed by atoms with E-state index < -0.39 is 8.32 Å². The van der Waals surface area contributed by atoms with Gasteiger partial charge in [-0.05, 0) is 56.7 Å². The topological polar surface area (TPSA) is 29.5 Å². The highest BCUT2D eigenvalue weighted by atomic mass is 28.4. The molecular weight excluding hydrogens is 252 g/mol. The van der Waals surface area contributed by atoms with Crippen molar-refractivity contribution < 1.29 is 9.53 Å². The summed E-state index contributed by atoms with van der Waals surface area (Å²) in [7, 11) is -1.64. The second-order valence-electron chi connectivity index (χ2n) is 7.71. The zero-order valence-electron chi connectivity index (χ0n) is 13.6. The lowest BCUT2D eigenvalue weighted by atomic mass is 9.82. The molecule has 19 heavy (non-hydrogen) atoms. The third-order valence-corrected chi connectivity index (χ3v) is 9.47. The maximum atomic E-state index is 10.1. The van der Waals surface area contributed by atoms with E-state index in [4.69, 9.17) is 4.43 Å². The second-order valence-corrected chi connectivity index (χ2v) is 12.5. The van der Waals surface area contributed by atoms with E-state index in [1.165, 1.54) is 0 Å². The van der Waals surface area contributed by atoms with Gasteiger partial charge in [-0.15, -0.1) is 0 Å². The Morgan fingerprint density at radius 2 is 1.68 bits per heavy atom. The second kappa shape index (κ2) is 6.11. The molecule has 1 aliphatic carbocycles. The van der Waals surface area contributed by atoms with Crippen LogP contribution in [0.2, 0.25) is 18.1 Å². The van der Waals surface area contributed by atoms with Crippen LogP contribution >= 0.6 is 0 Å². The smallest absolute Gasteiger partial charge is 0.192 e. The van der Waals surface area contributed by atoms with E-state index in [9.17, 15) is 5.11 Å². The van der Waals surface area contributed by atoms with Crippen LogP contribution in [0.3, 0.4) is 0 Å². The molecule has 2 nitrogen and oxygen atoms in total. The van der Waals surface area contributed by atoms with E-state index in [1.54, 1.807) is 0 Å². The molecule has 0 aromatic carbocycles. The van der Waals surface area contributed by atoms with Crippen LogP contribution in [0.5, 0.6) is 0 Å². The van der Waals surface area contributed by atoms with Crippen LogP contribution in [0, 0.1) is 5.92 Å². The van der Waals surface area contributed by atoms with Gasteiger partial charge >= 0.3 is 0 Å². The molecule has 0 amide bonds. The normalized spacial score (nSPS) is 27.1. The van der Waals surface area contributed by atoms with Gasteiger partial charge in [-0.2, -0.15) is 0 Å². The summed E-state index contributed by atoms with van der Waals surface area (Å²) in [5.41, 5.74) is 0.897. The van der Waals surface area contributed by atoms with Gasteiger partial charge in [-0.1, -0.05) is 32.9 Å². The minimum Gasteiger partial charge on any atom is -0.414 e. The van der Waals surface area contributed by atoms with Crippen LogP contribution in [0.1, 0.15) is 53.4 Å². The molecule has 0 radical (unpaired) electrons. The van der Waals surface area contributed by atoms with Crippen LogP contribution in [0.25, 0.3) is 0 Å². The minimum absolute atomic E-state index is 0.279. The maximum absolute atomic E-state index is 10.1. The predicted octanol–water partition coefficient (Wildman–Crippen LogP) is 4.50. The average Bonchev–Trinajstić information content (AvgIpc) is 2.27. The fourth-order valence-electron chi connectivity index (χ4n) is 2.52. The van der Waals surface area contributed by atoms with E-state index in [0.29, 0.717) is 12.0 Å².